The largest absolute Gasteiger partial charge is 0.497 e. The predicted molar refractivity (Wildman–Crippen MR) is 67.6 cm³/mol. The van der Waals surface area contributed by atoms with Gasteiger partial charge in [0.2, 0.25) is 0 Å². The van der Waals surface area contributed by atoms with Gasteiger partial charge in [-0.15, -0.1) is 0 Å². The first-order valence-electron chi connectivity index (χ1n) is 5.83. The number of ether oxygens (including phenoxy) is 3. The van der Waals surface area contributed by atoms with Crippen LogP contribution in [0.15, 0.2) is 18.2 Å². The van der Waals surface area contributed by atoms with Gasteiger partial charge >= 0.3 is 0 Å². The van der Waals surface area contributed by atoms with E-state index in [0.717, 1.165) is 17.1 Å². The third-order valence-electron chi connectivity index (χ3n) is 2.40. The second-order valence-electron chi connectivity index (χ2n) is 3.74. The number of rotatable bonds is 7. The normalized spacial score (nSPS) is 12.2. The number of hydrogen-bond acceptors (Lipinski definition) is 4. The van der Waals surface area contributed by atoms with Crippen LogP contribution in [0.2, 0.25) is 0 Å². The highest BCUT2D eigenvalue weighted by molar-refractivity contribution is 5.42. The molecule has 0 aliphatic heterocycles. The lowest BCUT2D eigenvalue weighted by Crippen LogP contribution is -2.11. The zero-order valence-corrected chi connectivity index (χ0v) is 10.7. The van der Waals surface area contributed by atoms with Crippen molar-refractivity contribution in [2.45, 2.75) is 19.9 Å². The highest BCUT2D eigenvalue weighted by Crippen LogP contribution is 2.28. The van der Waals surface area contributed by atoms with Crippen LogP contribution in [0.25, 0.3) is 0 Å². The second-order valence-corrected chi connectivity index (χ2v) is 3.74. The Hall–Kier alpha value is -1.26. The lowest BCUT2D eigenvalue weighted by molar-refractivity contribution is 0.109. The smallest absolute Gasteiger partial charge is 0.127 e. The van der Waals surface area contributed by atoms with Crippen molar-refractivity contribution in [1.29, 1.82) is 0 Å². The molecule has 1 aromatic rings. The molecule has 0 saturated heterocycles. The molecule has 0 bridgehead atoms. The van der Waals surface area contributed by atoms with Crippen LogP contribution in [-0.4, -0.2) is 26.9 Å². The summed E-state index contributed by atoms with van der Waals surface area (Å²) in [6, 6.07) is 5.60. The minimum atomic E-state index is -0.0667. The van der Waals surface area contributed by atoms with E-state index in [-0.39, 0.29) is 6.04 Å². The zero-order valence-electron chi connectivity index (χ0n) is 10.7. The molecule has 4 heteroatoms. The van der Waals surface area contributed by atoms with E-state index >= 15 is 0 Å². The predicted octanol–water partition coefficient (Wildman–Crippen LogP) is 2.13. The van der Waals surface area contributed by atoms with Gasteiger partial charge in [0.25, 0.3) is 0 Å². The molecular formula is C13H21NO3. The van der Waals surface area contributed by atoms with Crippen molar-refractivity contribution in [3.05, 3.63) is 23.8 Å². The maximum atomic E-state index is 5.88. The molecule has 2 N–H and O–H groups in total. The fourth-order valence-corrected chi connectivity index (χ4v) is 1.50. The average molecular weight is 239 g/mol. The van der Waals surface area contributed by atoms with Gasteiger partial charge in [-0.25, -0.2) is 0 Å². The van der Waals surface area contributed by atoms with Crippen LogP contribution in [0.1, 0.15) is 25.5 Å². The number of methoxy groups -OCH3 is 1. The lowest BCUT2D eigenvalue weighted by Gasteiger charge is -2.15. The molecule has 1 aromatic carbocycles. The standard InChI is InChI=1S/C13H21NO3/c1-4-16-7-8-17-13-9-11(15-3)5-6-12(13)10(2)14/h5-6,9-10H,4,7-8,14H2,1-3H3. The number of nitrogens with two attached hydrogens (primary N) is 1. The van der Waals surface area contributed by atoms with Gasteiger partial charge in [0.05, 0.1) is 13.7 Å². The van der Waals surface area contributed by atoms with Crippen molar-refractivity contribution in [3.63, 3.8) is 0 Å². The summed E-state index contributed by atoms with van der Waals surface area (Å²) in [4.78, 5) is 0. The van der Waals surface area contributed by atoms with E-state index in [0.29, 0.717) is 19.8 Å². The topological polar surface area (TPSA) is 53.7 Å². The van der Waals surface area contributed by atoms with E-state index in [1.54, 1.807) is 7.11 Å². The Morgan fingerprint density at radius 1 is 1.29 bits per heavy atom. The van der Waals surface area contributed by atoms with Gasteiger partial charge in [0.15, 0.2) is 0 Å². The van der Waals surface area contributed by atoms with E-state index in [1.165, 1.54) is 0 Å². The molecular weight excluding hydrogens is 218 g/mol. The van der Waals surface area contributed by atoms with Gasteiger partial charge in [-0.2, -0.15) is 0 Å². The van der Waals surface area contributed by atoms with Gasteiger partial charge < -0.3 is 19.9 Å². The summed E-state index contributed by atoms with van der Waals surface area (Å²) in [5.41, 5.74) is 6.86. The Morgan fingerprint density at radius 3 is 2.65 bits per heavy atom. The van der Waals surface area contributed by atoms with Crippen LogP contribution >= 0.6 is 0 Å². The molecule has 0 fully saturated rings. The van der Waals surface area contributed by atoms with Gasteiger partial charge in [0, 0.05) is 24.3 Å². The van der Waals surface area contributed by atoms with Crippen molar-refractivity contribution < 1.29 is 14.2 Å². The first-order valence-corrected chi connectivity index (χ1v) is 5.83. The minimum absolute atomic E-state index is 0.0667. The van der Waals surface area contributed by atoms with Gasteiger partial charge in [-0.3, -0.25) is 0 Å². The minimum Gasteiger partial charge on any atom is -0.497 e. The molecule has 0 heterocycles. The Labute approximate surface area is 103 Å². The summed E-state index contributed by atoms with van der Waals surface area (Å²) in [5.74, 6) is 1.53. The molecule has 17 heavy (non-hydrogen) atoms. The van der Waals surface area contributed by atoms with Crippen molar-refractivity contribution in [2.75, 3.05) is 26.9 Å². The highest BCUT2D eigenvalue weighted by Gasteiger charge is 2.09. The zero-order chi connectivity index (χ0) is 12.7. The van der Waals surface area contributed by atoms with E-state index in [9.17, 15) is 0 Å². The van der Waals surface area contributed by atoms with E-state index in [1.807, 2.05) is 32.0 Å². The molecule has 0 radical (unpaired) electrons. The van der Waals surface area contributed by atoms with Crippen molar-refractivity contribution in [2.24, 2.45) is 5.73 Å². The fourth-order valence-electron chi connectivity index (χ4n) is 1.50. The van der Waals surface area contributed by atoms with Crippen LogP contribution in [0.5, 0.6) is 11.5 Å². The van der Waals surface area contributed by atoms with Crippen LogP contribution < -0.4 is 15.2 Å². The Bertz CT molecular complexity index is 339. The average Bonchev–Trinajstić information content (AvgIpc) is 2.34. The third-order valence-corrected chi connectivity index (χ3v) is 2.40. The van der Waals surface area contributed by atoms with Crippen molar-refractivity contribution in [1.82, 2.24) is 0 Å². The molecule has 0 aliphatic rings. The van der Waals surface area contributed by atoms with Crippen molar-refractivity contribution >= 4 is 0 Å². The molecule has 0 saturated carbocycles. The summed E-state index contributed by atoms with van der Waals surface area (Å²) in [5, 5.41) is 0. The summed E-state index contributed by atoms with van der Waals surface area (Å²) >= 11 is 0. The molecule has 1 rings (SSSR count). The van der Waals surface area contributed by atoms with E-state index in [4.69, 9.17) is 19.9 Å². The van der Waals surface area contributed by atoms with E-state index < -0.39 is 0 Å². The maximum absolute atomic E-state index is 5.88. The number of hydrogen-bond donors (Lipinski definition) is 1. The molecule has 1 unspecified atom stereocenters. The summed E-state index contributed by atoms with van der Waals surface area (Å²) in [6.07, 6.45) is 0. The SMILES string of the molecule is CCOCCOc1cc(OC)ccc1C(C)N. The Morgan fingerprint density at radius 2 is 2.06 bits per heavy atom. The first kappa shape index (κ1) is 13.8. The highest BCUT2D eigenvalue weighted by atomic mass is 16.5. The Balaban J connectivity index is 2.71. The quantitative estimate of drug-likeness (QED) is 0.741. The second kappa shape index (κ2) is 7.14. The third kappa shape index (κ3) is 4.24. The molecule has 96 valence electrons. The fraction of sp³-hybridized carbons (Fsp3) is 0.538. The molecule has 1 atom stereocenters. The van der Waals surface area contributed by atoms with Crippen LogP contribution in [0, 0.1) is 0 Å². The van der Waals surface area contributed by atoms with Crippen molar-refractivity contribution in [3.8, 4) is 11.5 Å². The summed E-state index contributed by atoms with van der Waals surface area (Å²) < 4.78 is 16.0. The molecule has 0 aliphatic carbocycles. The van der Waals surface area contributed by atoms with Crippen LogP contribution in [-0.2, 0) is 4.74 Å². The summed E-state index contributed by atoms with van der Waals surface area (Å²) in [7, 11) is 1.63. The molecule has 0 spiro atoms. The Kier molecular flexibility index (Phi) is 5.80. The van der Waals surface area contributed by atoms with Crippen LogP contribution in [0.4, 0.5) is 0 Å². The van der Waals surface area contributed by atoms with Gasteiger partial charge in [0.1, 0.15) is 18.1 Å². The monoisotopic (exact) mass is 239 g/mol. The number of benzene rings is 1. The molecule has 4 nitrogen and oxygen atoms in total. The first-order chi connectivity index (χ1) is 8.19. The molecule has 0 aromatic heterocycles. The maximum Gasteiger partial charge on any atom is 0.127 e. The summed E-state index contributed by atoms with van der Waals surface area (Å²) in [6.45, 7) is 5.67. The van der Waals surface area contributed by atoms with Crippen LogP contribution in [0.3, 0.4) is 0 Å². The van der Waals surface area contributed by atoms with Gasteiger partial charge in [-0.05, 0) is 19.9 Å². The van der Waals surface area contributed by atoms with E-state index in [2.05, 4.69) is 0 Å². The van der Waals surface area contributed by atoms with Gasteiger partial charge in [-0.1, -0.05) is 6.07 Å². The molecule has 0 amide bonds. The lowest BCUT2D eigenvalue weighted by atomic mass is 10.1.